The van der Waals surface area contributed by atoms with E-state index >= 15 is 0 Å². The zero-order valence-corrected chi connectivity index (χ0v) is 16.6. The lowest BCUT2D eigenvalue weighted by atomic mass is 10.2. The van der Waals surface area contributed by atoms with Gasteiger partial charge in [-0.05, 0) is 54.8 Å². The molecule has 150 valence electrons. The van der Waals surface area contributed by atoms with E-state index in [9.17, 15) is 9.18 Å². The average molecular weight is 412 g/mol. The maximum absolute atomic E-state index is 13.2. The number of carbonyl (C=O) groups excluding carboxylic acids is 1. The molecule has 1 aliphatic rings. The number of halogens is 1. The van der Waals surface area contributed by atoms with E-state index in [0.717, 1.165) is 35.6 Å². The summed E-state index contributed by atoms with van der Waals surface area (Å²) in [5.41, 5.74) is 2.09. The number of hydrogen-bond donors (Lipinski definition) is 1. The fourth-order valence-electron chi connectivity index (χ4n) is 3.10. The molecule has 0 radical (unpaired) electrons. The molecule has 1 amide bonds. The molecule has 29 heavy (non-hydrogen) atoms. The van der Waals surface area contributed by atoms with Gasteiger partial charge in [0.15, 0.2) is 0 Å². The van der Waals surface area contributed by atoms with Gasteiger partial charge in [-0.2, -0.15) is 0 Å². The molecule has 1 fully saturated rings. The van der Waals surface area contributed by atoms with Gasteiger partial charge in [-0.15, -0.1) is 11.3 Å². The van der Waals surface area contributed by atoms with Crippen LogP contribution in [0.15, 0.2) is 53.9 Å². The van der Waals surface area contributed by atoms with Crippen LogP contribution >= 0.6 is 11.3 Å². The molecule has 0 saturated carbocycles. The first-order valence-corrected chi connectivity index (χ1v) is 10.4. The minimum Gasteiger partial charge on any atom is -0.489 e. The van der Waals surface area contributed by atoms with Crippen LogP contribution in [-0.2, 0) is 11.3 Å². The number of amides is 1. The molecule has 1 saturated heterocycles. The molecule has 4 rings (SSSR count). The standard InChI is InChI=1S/C22H21FN2O3S/c23-17-4-1-3-15(11-17)13-28-18-8-6-16(7-9-18)22-25-20(14-29-22)21(26)24-12-19-5-2-10-27-19/h1,3-4,6-9,11,14,19H,2,5,10,12-13H2,(H,24,26)/t19-/m1/s1. The number of thiazole rings is 1. The monoisotopic (exact) mass is 412 g/mol. The highest BCUT2D eigenvalue weighted by molar-refractivity contribution is 7.13. The highest BCUT2D eigenvalue weighted by atomic mass is 32.1. The van der Waals surface area contributed by atoms with Gasteiger partial charge in [-0.25, -0.2) is 9.37 Å². The minimum atomic E-state index is -0.277. The lowest BCUT2D eigenvalue weighted by molar-refractivity contribution is 0.0854. The molecule has 2 aromatic carbocycles. The van der Waals surface area contributed by atoms with Gasteiger partial charge >= 0.3 is 0 Å². The first kappa shape index (κ1) is 19.5. The van der Waals surface area contributed by atoms with Crippen LogP contribution in [0.2, 0.25) is 0 Å². The Morgan fingerprint density at radius 1 is 1.28 bits per heavy atom. The SMILES string of the molecule is O=C(NC[C@H]1CCCO1)c1csc(-c2ccc(OCc3cccc(F)c3)cc2)n1. The molecule has 1 aliphatic heterocycles. The summed E-state index contributed by atoms with van der Waals surface area (Å²) in [5.74, 6) is 0.225. The smallest absolute Gasteiger partial charge is 0.270 e. The molecule has 5 nitrogen and oxygen atoms in total. The average Bonchev–Trinajstić information content (AvgIpc) is 3.43. The Hall–Kier alpha value is -2.77. The number of rotatable bonds is 7. The van der Waals surface area contributed by atoms with E-state index in [0.29, 0.717) is 24.6 Å². The molecular formula is C22H21FN2O3S. The molecule has 1 N–H and O–H groups in total. The van der Waals surface area contributed by atoms with Crippen LogP contribution in [0.5, 0.6) is 5.75 Å². The highest BCUT2D eigenvalue weighted by Crippen LogP contribution is 2.26. The molecule has 3 aromatic rings. The van der Waals surface area contributed by atoms with Crippen molar-refractivity contribution < 1.29 is 18.7 Å². The Balaban J connectivity index is 1.33. The van der Waals surface area contributed by atoms with Crippen LogP contribution in [0, 0.1) is 5.82 Å². The summed E-state index contributed by atoms with van der Waals surface area (Å²) >= 11 is 1.42. The molecule has 7 heteroatoms. The molecule has 0 bridgehead atoms. The number of nitrogens with zero attached hydrogens (tertiary/aromatic N) is 1. The lowest BCUT2D eigenvalue weighted by Crippen LogP contribution is -2.31. The second kappa shape index (κ2) is 9.15. The predicted molar refractivity (Wildman–Crippen MR) is 110 cm³/mol. The van der Waals surface area contributed by atoms with E-state index in [1.54, 1.807) is 11.4 Å². The maximum atomic E-state index is 13.2. The molecule has 1 aromatic heterocycles. The zero-order valence-electron chi connectivity index (χ0n) is 15.8. The topological polar surface area (TPSA) is 60.5 Å². The summed E-state index contributed by atoms with van der Waals surface area (Å²) in [7, 11) is 0. The third kappa shape index (κ3) is 5.19. The van der Waals surface area contributed by atoms with Crippen LogP contribution in [-0.4, -0.2) is 30.1 Å². The summed E-state index contributed by atoms with van der Waals surface area (Å²) in [4.78, 5) is 16.7. The largest absolute Gasteiger partial charge is 0.489 e. The van der Waals surface area contributed by atoms with Crippen molar-refractivity contribution in [3.8, 4) is 16.3 Å². The number of hydrogen-bond acceptors (Lipinski definition) is 5. The fourth-order valence-corrected chi connectivity index (χ4v) is 3.91. The molecular weight excluding hydrogens is 391 g/mol. The van der Waals surface area contributed by atoms with E-state index in [2.05, 4.69) is 10.3 Å². The van der Waals surface area contributed by atoms with Crippen LogP contribution in [0.4, 0.5) is 4.39 Å². The highest BCUT2D eigenvalue weighted by Gasteiger charge is 2.18. The van der Waals surface area contributed by atoms with E-state index in [4.69, 9.17) is 9.47 Å². The quantitative estimate of drug-likeness (QED) is 0.623. The van der Waals surface area contributed by atoms with Crippen molar-refractivity contribution in [3.63, 3.8) is 0 Å². The number of benzene rings is 2. The Morgan fingerprint density at radius 3 is 2.90 bits per heavy atom. The summed E-state index contributed by atoms with van der Waals surface area (Å²) < 4.78 is 24.4. The zero-order chi connectivity index (χ0) is 20.1. The Labute approximate surface area is 172 Å². The first-order chi connectivity index (χ1) is 14.2. The van der Waals surface area contributed by atoms with Crippen molar-refractivity contribution in [1.82, 2.24) is 10.3 Å². The van der Waals surface area contributed by atoms with Gasteiger partial charge in [0.1, 0.15) is 28.9 Å². The van der Waals surface area contributed by atoms with Crippen molar-refractivity contribution in [3.05, 3.63) is 71.0 Å². The van der Waals surface area contributed by atoms with Crippen LogP contribution in [0.1, 0.15) is 28.9 Å². The lowest BCUT2D eigenvalue weighted by Gasteiger charge is -2.09. The van der Waals surface area contributed by atoms with E-state index in [1.807, 2.05) is 30.3 Å². The number of ether oxygens (including phenoxy) is 2. The van der Waals surface area contributed by atoms with Gasteiger partial charge in [-0.3, -0.25) is 4.79 Å². The number of nitrogens with one attached hydrogen (secondary N) is 1. The summed E-state index contributed by atoms with van der Waals surface area (Å²) in [6.45, 7) is 1.58. The molecule has 2 heterocycles. The summed E-state index contributed by atoms with van der Waals surface area (Å²) in [5, 5.41) is 5.41. The summed E-state index contributed by atoms with van der Waals surface area (Å²) in [6, 6.07) is 13.8. The van der Waals surface area contributed by atoms with Crippen molar-refractivity contribution in [2.24, 2.45) is 0 Å². The van der Waals surface area contributed by atoms with Crippen LogP contribution in [0.3, 0.4) is 0 Å². The summed E-state index contributed by atoms with van der Waals surface area (Å²) in [6.07, 6.45) is 2.14. The second-order valence-corrected chi connectivity index (χ2v) is 7.68. The number of aromatic nitrogens is 1. The van der Waals surface area contributed by atoms with Crippen molar-refractivity contribution in [1.29, 1.82) is 0 Å². The van der Waals surface area contributed by atoms with Crippen molar-refractivity contribution >= 4 is 17.2 Å². The second-order valence-electron chi connectivity index (χ2n) is 6.83. The van der Waals surface area contributed by atoms with E-state index < -0.39 is 0 Å². The van der Waals surface area contributed by atoms with Crippen molar-refractivity contribution in [2.75, 3.05) is 13.2 Å². The Morgan fingerprint density at radius 2 is 2.14 bits per heavy atom. The third-order valence-electron chi connectivity index (χ3n) is 4.65. The normalized spacial score (nSPS) is 16.0. The van der Waals surface area contributed by atoms with Gasteiger partial charge in [0.25, 0.3) is 5.91 Å². The van der Waals surface area contributed by atoms with Crippen molar-refractivity contribution in [2.45, 2.75) is 25.6 Å². The van der Waals surface area contributed by atoms with Gasteiger partial charge in [0, 0.05) is 24.1 Å². The van der Waals surface area contributed by atoms with Crippen LogP contribution in [0.25, 0.3) is 10.6 Å². The van der Waals surface area contributed by atoms with Crippen LogP contribution < -0.4 is 10.1 Å². The van der Waals surface area contributed by atoms with Gasteiger partial charge in [-0.1, -0.05) is 12.1 Å². The molecule has 1 atom stereocenters. The molecule has 0 aliphatic carbocycles. The maximum Gasteiger partial charge on any atom is 0.270 e. The van der Waals surface area contributed by atoms with E-state index in [1.165, 1.54) is 23.5 Å². The fraction of sp³-hybridized carbons (Fsp3) is 0.273. The first-order valence-electron chi connectivity index (χ1n) is 9.50. The third-order valence-corrected chi connectivity index (χ3v) is 5.54. The van der Waals surface area contributed by atoms with Gasteiger partial charge in [0.2, 0.25) is 0 Å². The molecule has 0 spiro atoms. The predicted octanol–water partition coefficient (Wildman–Crippen LogP) is 4.44. The number of carbonyl (C=O) groups is 1. The van der Waals surface area contributed by atoms with Gasteiger partial charge in [0.05, 0.1) is 6.10 Å². The Bertz CT molecular complexity index is 968. The Kier molecular flexibility index (Phi) is 6.17. The minimum absolute atomic E-state index is 0.108. The van der Waals surface area contributed by atoms with E-state index in [-0.39, 0.29) is 17.8 Å². The van der Waals surface area contributed by atoms with Gasteiger partial charge < -0.3 is 14.8 Å². The molecule has 0 unspecified atom stereocenters.